The van der Waals surface area contributed by atoms with E-state index in [0.717, 1.165) is 11.3 Å². The maximum Gasteiger partial charge on any atom is 0.306 e. The predicted octanol–water partition coefficient (Wildman–Crippen LogP) is 2.19. The van der Waals surface area contributed by atoms with Gasteiger partial charge >= 0.3 is 5.97 Å². The van der Waals surface area contributed by atoms with Gasteiger partial charge in [0, 0.05) is 19.2 Å². The van der Waals surface area contributed by atoms with E-state index in [1.807, 2.05) is 38.1 Å². The molecule has 1 atom stereocenters. The van der Waals surface area contributed by atoms with Crippen LogP contribution in [0.4, 0.5) is 0 Å². The van der Waals surface area contributed by atoms with Crippen molar-refractivity contribution in [1.82, 2.24) is 4.90 Å². The Morgan fingerprint density at radius 3 is 2.96 bits per heavy atom. The molecule has 0 aliphatic carbocycles. The summed E-state index contributed by atoms with van der Waals surface area (Å²) in [5.41, 5.74) is 0.872. The number of ether oxygens (including phenoxy) is 2. The maximum absolute atomic E-state index is 12.3. The van der Waals surface area contributed by atoms with Gasteiger partial charge < -0.3 is 19.5 Å². The van der Waals surface area contributed by atoms with Crippen molar-refractivity contribution in [3.8, 4) is 5.75 Å². The number of carbonyl (C=O) groups excluding carboxylic acids is 1. The molecule has 0 saturated carbocycles. The first kappa shape index (κ1) is 18.0. The van der Waals surface area contributed by atoms with E-state index in [1.165, 1.54) is 6.08 Å². The molecule has 130 valence electrons. The molecule has 1 aromatic carbocycles. The van der Waals surface area contributed by atoms with Crippen molar-refractivity contribution in [2.45, 2.75) is 32.5 Å². The third-order valence-corrected chi connectivity index (χ3v) is 3.50. The van der Waals surface area contributed by atoms with Crippen LogP contribution in [0.15, 0.2) is 30.3 Å². The number of nitrogens with zero attached hydrogens (tertiary/aromatic N) is 1. The van der Waals surface area contributed by atoms with Gasteiger partial charge in [-0.3, -0.25) is 9.59 Å². The Bertz CT molecular complexity index is 611. The van der Waals surface area contributed by atoms with Crippen LogP contribution in [0, 0.1) is 0 Å². The van der Waals surface area contributed by atoms with E-state index in [4.69, 9.17) is 14.6 Å². The second-order valence-electron chi connectivity index (χ2n) is 5.95. The molecular weight excluding hydrogens is 310 g/mol. The zero-order valence-corrected chi connectivity index (χ0v) is 14.0. The molecule has 1 unspecified atom stereocenters. The number of carboxylic acids is 1. The number of morpholine rings is 1. The van der Waals surface area contributed by atoms with Gasteiger partial charge in [0.05, 0.1) is 25.2 Å². The van der Waals surface area contributed by atoms with Gasteiger partial charge in [-0.1, -0.05) is 12.1 Å². The molecule has 0 bridgehead atoms. The molecule has 6 heteroatoms. The van der Waals surface area contributed by atoms with Crippen molar-refractivity contribution in [1.29, 1.82) is 0 Å². The summed E-state index contributed by atoms with van der Waals surface area (Å²) in [5.74, 6) is -0.317. The summed E-state index contributed by atoms with van der Waals surface area (Å²) < 4.78 is 11.0. The summed E-state index contributed by atoms with van der Waals surface area (Å²) in [6, 6.07) is 7.51. The van der Waals surface area contributed by atoms with Gasteiger partial charge in [-0.25, -0.2) is 0 Å². The van der Waals surface area contributed by atoms with Crippen molar-refractivity contribution in [3.63, 3.8) is 0 Å². The lowest BCUT2D eigenvalue weighted by molar-refractivity contribution is -0.145. The van der Waals surface area contributed by atoms with Crippen LogP contribution < -0.4 is 4.74 Å². The molecule has 6 nitrogen and oxygen atoms in total. The van der Waals surface area contributed by atoms with E-state index >= 15 is 0 Å². The van der Waals surface area contributed by atoms with E-state index in [1.54, 1.807) is 11.0 Å². The van der Waals surface area contributed by atoms with Gasteiger partial charge in [-0.05, 0) is 37.6 Å². The lowest BCUT2D eigenvalue weighted by Gasteiger charge is -2.31. The quantitative estimate of drug-likeness (QED) is 0.808. The normalized spacial score (nSPS) is 18.1. The molecule has 1 aromatic rings. The molecule has 0 aromatic heterocycles. The lowest BCUT2D eigenvalue weighted by atomic mass is 10.1. The zero-order chi connectivity index (χ0) is 17.5. The minimum atomic E-state index is -0.924. The molecule has 0 radical (unpaired) electrons. The number of rotatable bonds is 6. The molecule has 1 heterocycles. The van der Waals surface area contributed by atoms with Crippen LogP contribution in [0.1, 0.15) is 25.8 Å². The van der Waals surface area contributed by atoms with Crippen LogP contribution in [0.25, 0.3) is 6.08 Å². The fourth-order valence-electron chi connectivity index (χ4n) is 2.47. The number of hydrogen-bond donors (Lipinski definition) is 1. The molecule has 1 aliphatic heterocycles. The van der Waals surface area contributed by atoms with Crippen molar-refractivity contribution in [2.75, 3.05) is 19.7 Å². The molecule has 0 spiro atoms. The Balaban J connectivity index is 1.95. The highest BCUT2D eigenvalue weighted by Crippen LogP contribution is 2.16. The standard InChI is InChI=1S/C18H23NO5/c1-13(2)24-15-5-3-4-14(10-15)6-7-17(20)19-8-9-23-16(12-19)11-18(21)22/h3-7,10,13,16H,8-9,11-12H2,1-2H3,(H,21,22). The monoisotopic (exact) mass is 333 g/mol. The highest BCUT2D eigenvalue weighted by atomic mass is 16.5. The molecule has 1 fully saturated rings. The van der Waals surface area contributed by atoms with E-state index in [2.05, 4.69) is 0 Å². The summed E-state index contributed by atoms with van der Waals surface area (Å²) >= 11 is 0. The van der Waals surface area contributed by atoms with E-state index in [9.17, 15) is 9.59 Å². The van der Waals surface area contributed by atoms with Gasteiger partial charge in [-0.2, -0.15) is 0 Å². The highest BCUT2D eigenvalue weighted by molar-refractivity contribution is 5.92. The first-order chi connectivity index (χ1) is 11.4. The fourth-order valence-corrected chi connectivity index (χ4v) is 2.47. The van der Waals surface area contributed by atoms with Crippen LogP contribution >= 0.6 is 0 Å². The number of aliphatic carboxylic acids is 1. The second-order valence-corrected chi connectivity index (χ2v) is 5.95. The van der Waals surface area contributed by atoms with Gasteiger partial charge in [0.1, 0.15) is 5.75 Å². The van der Waals surface area contributed by atoms with Crippen LogP contribution in [0.3, 0.4) is 0 Å². The minimum Gasteiger partial charge on any atom is -0.491 e. The van der Waals surface area contributed by atoms with Crippen molar-refractivity contribution in [2.24, 2.45) is 0 Å². The number of benzene rings is 1. The Labute approximate surface area is 141 Å². The van der Waals surface area contributed by atoms with Crippen LogP contribution in [-0.4, -0.2) is 53.8 Å². The third-order valence-electron chi connectivity index (χ3n) is 3.50. The Morgan fingerprint density at radius 2 is 2.25 bits per heavy atom. The minimum absolute atomic E-state index is 0.0883. The maximum atomic E-state index is 12.3. The molecule has 2 rings (SSSR count). The number of hydrogen-bond acceptors (Lipinski definition) is 4. The predicted molar refractivity (Wildman–Crippen MR) is 89.8 cm³/mol. The van der Waals surface area contributed by atoms with Gasteiger partial charge in [-0.15, -0.1) is 0 Å². The first-order valence-corrected chi connectivity index (χ1v) is 8.01. The average molecular weight is 333 g/mol. The summed E-state index contributed by atoms with van der Waals surface area (Å²) in [7, 11) is 0. The Morgan fingerprint density at radius 1 is 1.46 bits per heavy atom. The average Bonchev–Trinajstić information content (AvgIpc) is 2.52. The third kappa shape index (κ3) is 5.70. The summed E-state index contributed by atoms with van der Waals surface area (Å²) in [5, 5.41) is 8.82. The largest absolute Gasteiger partial charge is 0.491 e. The van der Waals surface area contributed by atoms with E-state index < -0.39 is 12.1 Å². The summed E-state index contributed by atoms with van der Waals surface area (Å²) in [6.07, 6.45) is 2.78. The molecule has 1 saturated heterocycles. The van der Waals surface area contributed by atoms with Crippen LogP contribution in [0.5, 0.6) is 5.75 Å². The van der Waals surface area contributed by atoms with Gasteiger partial charge in [0.15, 0.2) is 0 Å². The Kier molecular flexibility index (Phi) is 6.37. The Hall–Kier alpha value is -2.34. The molecule has 1 amide bonds. The first-order valence-electron chi connectivity index (χ1n) is 8.01. The topological polar surface area (TPSA) is 76.1 Å². The lowest BCUT2D eigenvalue weighted by Crippen LogP contribution is -2.45. The second kappa shape index (κ2) is 8.49. The van der Waals surface area contributed by atoms with Crippen LogP contribution in [0.2, 0.25) is 0 Å². The van der Waals surface area contributed by atoms with Gasteiger partial charge in [0.25, 0.3) is 0 Å². The molecule has 24 heavy (non-hydrogen) atoms. The fraction of sp³-hybridized carbons (Fsp3) is 0.444. The van der Waals surface area contributed by atoms with Crippen LogP contribution in [-0.2, 0) is 14.3 Å². The van der Waals surface area contributed by atoms with E-state index in [0.29, 0.717) is 19.7 Å². The zero-order valence-electron chi connectivity index (χ0n) is 14.0. The molecular formula is C18H23NO5. The molecule has 1 N–H and O–H groups in total. The van der Waals surface area contributed by atoms with Crippen molar-refractivity contribution >= 4 is 18.0 Å². The van der Waals surface area contributed by atoms with Crippen molar-refractivity contribution in [3.05, 3.63) is 35.9 Å². The van der Waals surface area contributed by atoms with Gasteiger partial charge in [0.2, 0.25) is 5.91 Å². The summed E-state index contributed by atoms with van der Waals surface area (Å²) in [6.45, 7) is 5.03. The van der Waals surface area contributed by atoms with Crippen molar-refractivity contribution < 1.29 is 24.2 Å². The number of carboxylic acid groups (broad SMARTS) is 1. The highest BCUT2D eigenvalue weighted by Gasteiger charge is 2.24. The molecule has 1 aliphatic rings. The summed E-state index contributed by atoms with van der Waals surface area (Å²) in [4.78, 5) is 24.6. The van der Waals surface area contributed by atoms with E-state index in [-0.39, 0.29) is 18.4 Å². The number of amides is 1. The number of carbonyl (C=O) groups is 2. The smallest absolute Gasteiger partial charge is 0.306 e. The SMILES string of the molecule is CC(C)Oc1cccc(C=CC(=O)N2CCOC(CC(=O)O)C2)c1.